The van der Waals surface area contributed by atoms with E-state index in [1.54, 1.807) is 0 Å². The molecule has 0 bridgehead atoms. The predicted octanol–water partition coefficient (Wildman–Crippen LogP) is 22.6. The third-order valence-corrected chi connectivity index (χ3v) is 16.9. The Bertz CT molecular complexity index is 1600. The van der Waals surface area contributed by atoms with Crippen molar-refractivity contribution in [1.29, 1.82) is 0 Å². The van der Waals surface area contributed by atoms with Crippen LogP contribution in [-0.2, 0) is 27.9 Å². The SMILES string of the molecule is CCCCC/C=C\C/C=C\C/C=C\C/C=C\CCCCCCCCCC(=O)OC(/C=C/CCCCCCCCCCCCC)C(COP(=O)(O)OCC[N+](C)(C)C)NC(=O)CCCCCCCCCCCCCCCCCCCCCCC. The second kappa shape index (κ2) is 62.8. The van der Waals surface area contributed by atoms with Crippen molar-refractivity contribution in [1.82, 2.24) is 5.32 Å². The van der Waals surface area contributed by atoms with Gasteiger partial charge >= 0.3 is 13.8 Å². The van der Waals surface area contributed by atoms with Crippen LogP contribution in [0, 0.1) is 0 Å². The second-order valence-electron chi connectivity index (χ2n) is 25.4. The topological polar surface area (TPSA) is 111 Å². The lowest BCUT2D eigenvalue weighted by Gasteiger charge is -2.27. The van der Waals surface area contributed by atoms with Crippen molar-refractivity contribution in [2.75, 3.05) is 40.9 Å². The molecule has 0 aromatic heterocycles. The number of phosphoric ester groups is 1. The molecule has 2 N–H and O–H groups in total. The Hall–Kier alpha value is -2.29. The Labute approximate surface area is 515 Å². The van der Waals surface area contributed by atoms with E-state index >= 15 is 0 Å². The summed E-state index contributed by atoms with van der Waals surface area (Å²) in [7, 11) is 1.50. The smallest absolute Gasteiger partial charge is 0.456 e. The number of unbranched alkanes of at least 4 members (excludes halogenated alkanes) is 41. The Morgan fingerprint density at radius 1 is 0.422 bits per heavy atom. The normalized spacial score (nSPS) is 13.9. The quantitative estimate of drug-likeness (QED) is 0.0205. The number of ether oxygens (including phenoxy) is 1. The Kier molecular flexibility index (Phi) is 61.0. The van der Waals surface area contributed by atoms with Gasteiger partial charge in [0.25, 0.3) is 0 Å². The molecule has 3 atom stereocenters. The molecule has 1 amide bonds. The van der Waals surface area contributed by atoms with Gasteiger partial charge in [-0.25, -0.2) is 4.57 Å². The Morgan fingerprint density at radius 3 is 1.12 bits per heavy atom. The molecule has 0 radical (unpaired) electrons. The van der Waals surface area contributed by atoms with Gasteiger partial charge in [-0.05, 0) is 76.7 Å². The van der Waals surface area contributed by atoms with E-state index in [-0.39, 0.29) is 31.5 Å². The van der Waals surface area contributed by atoms with Crippen molar-refractivity contribution in [3.05, 3.63) is 60.8 Å². The number of hydrogen-bond acceptors (Lipinski definition) is 6. The highest BCUT2D eigenvalue weighted by atomic mass is 31.2. The van der Waals surface area contributed by atoms with Crippen LogP contribution in [0.5, 0.6) is 0 Å². The number of allylic oxidation sites excluding steroid dienone is 9. The minimum Gasteiger partial charge on any atom is -0.456 e. The van der Waals surface area contributed by atoms with E-state index in [0.717, 1.165) is 89.9 Å². The van der Waals surface area contributed by atoms with Gasteiger partial charge < -0.3 is 19.4 Å². The fourth-order valence-corrected chi connectivity index (χ4v) is 11.2. The average molecular weight is 1190 g/mol. The molecular formula is C73H138N2O7P+. The molecule has 0 rings (SSSR count). The molecule has 0 fully saturated rings. The summed E-state index contributed by atoms with van der Waals surface area (Å²) in [6.45, 7) is 7.03. The maximum absolute atomic E-state index is 13.6. The van der Waals surface area contributed by atoms with Crippen LogP contribution in [0.15, 0.2) is 60.8 Å². The number of nitrogens with zero attached hydrogens (tertiary/aromatic N) is 1. The Balaban J connectivity index is 5.14. The van der Waals surface area contributed by atoms with Crippen LogP contribution in [0.25, 0.3) is 0 Å². The van der Waals surface area contributed by atoms with E-state index < -0.39 is 20.0 Å². The minimum atomic E-state index is -4.46. The van der Waals surface area contributed by atoms with Crippen LogP contribution in [0.2, 0.25) is 0 Å². The van der Waals surface area contributed by atoms with Crippen molar-refractivity contribution in [2.24, 2.45) is 0 Å². The van der Waals surface area contributed by atoms with Crippen molar-refractivity contribution in [2.45, 2.75) is 354 Å². The number of phosphoric acid groups is 1. The lowest BCUT2D eigenvalue weighted by Crippen LogP contribution is -2.47. The maximum atomic E-state index is 13.6. The first kappa shape index (κ1) is 80.7. The minimum absolute atomic E-state index is 0.0389. The van der Waals surface area contributed by atoms with Gasteiger partial charge in [0.05, 0.1) is 33.8 Å². The zero-order chi connectivity index (χ0) is 60.7. The van der Waals surface area contributed by atoms with Crippen LogP contribution >= 0.6 is 7.82 Å². The summed E-state index contributed by atoms with van der Waals surface area (Å²) in [6.07, 6.45) is 80.8. The van der Waals surface area contributed by atoms with E-state index in [0.29, 0.717) is 17.4 Å². The molecule has 0 aromatic carbocycles. The van der Waals surface area contributed by atoms with Crippen LogP contribution in [0.3, 0.4) is 0 Å². The van der Waals surface area contributed by atoms with Gasteiger partial charge in [0, 0.05) is 12.8 Å². The van der Waals surface area contributed by atoms with Crippen molar-refractivity contribution >= 4 is 19.7 Å². The van der Waals surface area contributed by atoms with Gasteiger partial charge in [0.2, 0.25) is 5.91 Å². The zero-order valence-corrected chi connectivity index (χ0v) is 56.6. The summed E-state index contributed by atoms with van der Waals surface area (Å²) in [5.41, 5.74) is 0. The summed E-state index contributed by atoms with van der Waals surface area (Å²) in [5, 5.41) is 3.07. The molecule has 3 unspecified atom stereocenters. The summed E-state index contributed by atoms with van der Waals surface area (Å²) in [4.78, 5) is 37.9. The first-order valence-electron chi connectivity index (χ1n) is 35.6. The third kappa shape index (κ3) is 64.0. The molecule has 9 nitrogen and oxygen atoms in total. The van der Waals surface area contributed by atoms with Gasteiger partial charge in [-0.2, -0.15) is 0 Å². The van der Waals surface area contributed by atoms with Gasteiger partial charge in [-0.3, -0.25) is 18.6 Å². The largest absolute Gasteiger partial charge is 0.472 e. The van der Waals surface area contributed by atoms with Crippen LogP contribution in [0.1, 0.15) is 342 Å². The van der Waals surface area contributed by atoms with E-state index in [9.17, 15) is 19.0 Å². The molecule has 0 saturated heterocycles. The number of carbonyl (C=O) groups is 2. The van der Waals surface area contributed by atoms with Gasteiger partial charge in [0.15, 0.2) is 0 Å². The monoisotopic (exact) mass is 1190 g/mol. The molecule has 0 spiro atoms. The van der Waals surface area contributed by atoms with E-state index in [1.165, 1.54) is 218 Å². The number of esters is 1. The fourth-order valence-electron chi connectivity index (χ4n) is 10.5. The van der Waals surface area contributed by atoms with Crippen molar-refractivity contribution in [3.63, 3.8) is 0 Å². The molecule has 83 heavy (non-hydrogen) atoms. The maximum Gasteiger partial charge on any atom is 0.472 e. The molecule has 0 saturated carbocycles. The second-order valence-corrected chi connectivity index (χ2v) is 26.9. The number of likely N-dealkylation sites (N-methyl/N-ethyl adjacent to an activating group) is 1. The van der Waals surface area contributed by atoms with Gasteiger partial charge in [-0.1, -0.05) is 313 Å². The summed E-state index contributed by atoms with van der Waals surface area (Å²) < 4.78 is 30.8. The lowest BCUT2D eigenvalue weighted by molar-refractivity contribution is -0.870. The highest BCUT2D eigenvalue weighted by Gasteiger charge is 2.30. The predicted molar refractivity (Wildman–Crippen MR) is 360 cm³/mol. The number of rotatable bonds is 65. The van der Waals surface area contributed by atoms with Crippen molar-refractivity contribution in [3.8, 4) is 0 Å². The zero-order valence-electron chi connectivity index (χ0n) is 55.7. The fraction of sp³-hybridized carbons (Fsp3) is 0.836. The third-order valence-electron chi connectivity index (χ3n) is 16.0. The highest BCUT2D eigenvalue weighted by molar-refractivity contribution is 7.47. The first-order valence-corrected chi connectivity index (χ1v) is 37.1. The van der Waals surface area contributed by atoms with Gasteiger partial charge in [0.1, 0.15) is 19.3 Å². The molecule has 0 heterocycles. The highest BCUT2D eigenvalue weighted by Crippen LogP contribution is 2.43. The van der Waals surface area contributed by atoms with Crippen molar-refractivity contribution < 1.29 is 37.3 Å². The summed E-state index contributed by atoms with van der Waals surface area (Å²) in [6, 6.07) is -0.853. The summed E-state index contributed by atoms with van der Waals surface area (Å²) >= 11 is 0. The number of carbonyl (C=O) groups excluding carboxylic acids is 2. The number of quaternary nitrogens is 1. The first-order chi connectivity index (χ1) is 40.4. The molecule has 0 aromatic rings. The lowest BCUT2D eigenvalue weighted by atomic mass is 10.0. The average Bonchev–Trinajstić information content (AvgIpc) is 3.47. The van der Waals surface area contributed by atoms with Crippen LogP contribution < -0.4 is 5.32 Å². The molecule has 0 aliphatic heterocycles. The van der Waals surface area contributed by atoms with E-state index in [2.05, 4.69) is 74.7 Å². The summed E-state index contributed by atoms with van der Waals surface area (Å²) in [5.74, 6) is -0.502. The standard InChI is InChI=1S/C73H137N2O7P/c1-7-10-13-16-19-22-25-28-30-32-34-36-37-39-41-43-45-48-51-54-57-60-63-66-73(77)82-71(64-61-58-55-52-49-46-27-24-21-18-15-12-9-3)70(69-81-83(78,79)80-68-67-75(4,5)6)74-72(76)65-62-59-56-53-50-47-44-42-40-38-35-33-31-29-26-23-20-17-14-11-8-2/h19,22,28,30,34,36,39,41,61,64,70-71H,7-18,20-21,23-27,29,31-33,35,37-38,40,42-60,62-63,65-69H2,1-6H3,(H-,74,76,78,79)/p+1/b22-19-,30-28-,36-34-,41-39-,64-61+. The molecule has 486 valence electrons. The number of hydrogen-bond donors (Lipinski definition) is 2. The number of nitrogens with one attached hydrogen (secondary N) is 1. The molecule has 0 aliphatic rings. The Morgan fingerprint density at radius 2 is 0.735 bits per heavy atom. The van der Waals surface area contributed by atoms with Gasteiger partial charge in [-0.15, -0.1) is 0 Å². The molecular weight excluding hydrogens is 1050 g/mol. The number of amides is 1. The van der Waals surface area contributed by atoms with E-state index in [4.69, 9.17) is 13.8 Å². The van der Waals surface area contributed by atoms with E-state index in [1.807, 2.05) is 33.3 Å². The molecule has 10 heteroatoms. The van der Waals surface area contributed by atoms with Crippen LogP contribution in [0.4, 0.5) is 0 Å². The molecule has 0 aliphatic carbocycles. The van der Waals surface area contributed by atoms with Crippen LogP contribution in [-0.4, -0.2) is 74.3 Å².